The summed E-state index contributed by atoms with van der Waals surface area (Å²) in [4.78, 5) is 4.61. The first-order valence-electron chi connectivity index (χ1n) is 7.45. The fourth-order valence-electron chi connectivity index (χ4n) is 2.84. The van der Waals surface area contributed by atoms with E-state index in [4.69, 9.17) is 9.47 Å². The Labute approximate surface area is 135 Å². The van der Waals surface area contributed by atoms with Gasteiger partial charge in [0.1, 0.15) is 5.82 Å². The smallest absolute Gasteiger partial charge is 0.166 e. The van der Waals surface area contributed by atoms with Crippen LogP contribution >= 0.6 is 0 Å². The first-order valence-corrected chi connectivity index (χ1v) is 7.45. The van der Waals surface area contributed by atoms with E-state index in [1.165, 1.54) is 0 Å². The molecule has 0 fully saturated rings. The van der Waals surface area contributed by atoms with Crippen LogP contribution in [0.1, 0.15) is 17.5 Å². The number of benzene rings is 2. The van der Waals surface area contributed by atoms with Crippen molar-refractivity contribution >= 4 is 11.0 Å². The lowest BCUT2D eigenvalue weighted by Gasteiger charge is -2.17. The number of nitrogens with zero attached hydrogens (tertiary/aromatic N) is 2. The summed E-state index contributed by atoms with van der Waals surface area (Å²) >= 11 is 0. The van der Waals surface area contributed by atoms with Gasteiger partial charge in [-0.05, 0) is 18.2 Å². The Morgan fingerprint density at radius 2 is 1.87 bits per heavy atom. The second-order valence-corrected chi connectivity index (χ2v) is 5.38. The first-order chi connectivity index (χ1) is 11.2. The predicted octanol–water partition coefficient (Wildman–Crippen LogP) is 2.87. The van der Waals surface area contributed by atoms with E-state index < -0.39 is 6.10 Å². The van der Waals surface area contributed by atoms with E-state index in [1.807, 2.05) is 54.1 Å². The Kier molecular flexibility index (Phi) is 4.21. The van der Waals surface area contributed by atoms with Gasteiger partial charge in [-0.25, -0.2) is 4.98 Å². The molecule has 0 aliphatic rings. The quantitative estimate of drug-likeness (QED) is 0.787. The molecular weight excluding hydrogens is 292 g/mol. The topological polar surface area (TPSA) is 56.5 Å². The molecule has 0 saturated carbocycles. The number of hydrogen-bond acceptors (Lipinski definition) is 4. The number of ether oxygens (including phenoxy) is 2. The van der Waals surface area contributed by atoms with E-state index >= 15 is 0 Å². The van der Waals surface area contributed by atoms with Crippen LogP contribution < -0.4 is 9.47 Å². The minimum atomic E-state index is -0.726. The average molecular weight is 312 g/mol. The van der Waals surface area contributed by atoms with Gasteiger partial charge in [-0.3, -0.25) is 0 Å². The number of rotatable bonds is 5. The maximum atomic E-state index is 10.7. The van der Waals surface area contributed by atoms with E-state index in [0.29, 0.717) is 23.5 Å². The maximum absolute atomic E-state index is 10.7. The number of fused-ring (bicyclic) bond motifs is 1. The van der Waals surface area contributed by atoms with E-state index in [0.717, 1.165) is 16.9 Å². The van der Waals surface area contributed by atoms with Crippen molar-refractivity contribution in [2.75, 3.05) is 14.2 Å². The summed E-state index contributed by atoms with van der Waals surface area (Å²) in [6.07, 6.45) is -0.329. The third kappa shape index (κ3) is 2.75. The monoisotopic (exact) mass is 312 g/mol. The van der Waals surface area contributed by atoms with Crippen LogP contribution in [-0.2, 0) is 13.5 Å². The highest BCUT2D eigenvalue weighted by Crippen LogP contribution is 2.35. The zero-order valence-corrected chi connectivity index (χ0v) is 13.5. The van der Waals surface area contributed by atoms with Crippen LogP contribution in [0.25, 0.3) is 11.0 Å². The Balaban J connectivity index is 1.95. The lowest BCUT2D eigenvalue weighted by atomic mass is 10.0. The second kappa shape index (κ2) is 6.30. The van der Waals surface area contributed by atoms with Gasteiger partial charge in [-0.1, -0.05) is 24.3 Å². The molecule has 0 aliphatic carbocycles. The van der Waals surface area contributed by atoms with Crippen LogP contribution in [0.2, 0.25) is 0 Å². The largest absolute Gasteiger partial charge is 0.493 e. The summed E-state index contributed by atoms with van der Waals surface area (Å²) in [7, 11) is 5.11. The summed E-state index contributed by atoms with van der Waals surface area (Å²) in [5, 5.41) is 10.7. The minimum absolute atomic E-state index is 0.398. The minimum Gasteiger partial charge on any atom is -0.493 e. The van der Waals surface area contributed by atoms with Crippen LogP contribution in [0.3, 0.4) is 0 Å². The number of para-hydroxylation sites is 3. The molecule has 1 N–H and O–H groups in total. The standard InChI is InChI=1S/C18H20N2O3/c1-20-14-9-5-4-8-13(14)19-17(20)11-15(21)12-7-6-10-16(22-2)18(12)23-3/h4-10,15,21H,11H2,1-3H3/t15-/m0/s1. The lowest BCUT2D eigenvalue weighted by molar-refractivity contribution is 0.169. The fraction of sp³-hybridized carbons (Fsp3) is 0.278. The van der Waals surface area contributed by atoms with Gasteiger partial charge in [-0.15, -0.1) is 0 Å². The van der Waals surface area contributed by atoms with Crippen LogP contribution in [0, 0.1) is 0 Å². The third-order valence-corrected chi connectivity index (χ3v) is 4.05. The van der Waals surface area contributed by atoms with E-state index in [2.05, 4.69) is 4.98 Å². The van der Waals surface area contributed by atoms with Gasteiger partial charge >= 0.3 is 0 Å². The van der Waals surface area contributed by atoms with Gasteiger partial charge in [0.15, 0.2) is 11.5 Å². The molecule has 120 valence electrons. The van der Waals surface area contributed by atoms with Crippen molar-refractivity contribution in [1.82, 2.24) is 9.55 Å². The Bertz CT molecular complexity index is 826. The number of imidazole rings is 1. The molecular formula is C18H20N2O3. The number of aryl methyl sites for hydroxylation is 1. The van der Waals surface area contributed by atoms with Gasteiger partial charge in [-0.2, -0.15) is 0 Å². The summed E-state index contributed by atoms with van der Waals surface area (Å²) in [6, 6.07) is 13.4. The molecule has 3 rings (SSSR count). The van der Waals surface area contributed by atoms with Gasteiger partial charge in [0, 0.05) is 19.0 Å². The highest BCUT2D eigenvalue weighted by atomic mass is 16.5. The molecule has 0 saturated heterocycles. The zero-order chi connectivity index (χ0) is 16.4. The Hall–Kier alpha value is -2.53. The number of aliphatic hydroxyl groups is 1. The number of hydrogen-bond donors (Lipinski definition) is 1. The summed E-state index contributed by atoms with van der Waals surface area (Å²) in [6.45, 7) is 0. The fourth-order valence-corrected chi connectivity index (χ4v) is 2.84. The van der Waals surface area contributed by atoms with Crippen molar-refractivity contribution in [2.45, 2.75) is 12.5 Å². The summed E-state index contributed by atoms with van der Waals surface area (Å²) in [5.41, 5.74) is 2.67. The third-order valence-electron chi connectivity index (χ3n) is 4.05. The zero-order valence-electron chi connectivity index (χ0n) is 13.5. The normalized spacial score (nSPS) is 12.3. The molecule has 1 aromatic heterocycles. The Morgan fingerprint density at radius 3 is 2.57 bits per heavy atom. The summed E-state index contributed by atoms with van der Waals surface area (Å²) in [5.74, 6) is 1.99. The van der Waals surface area contributed by atoms with Crippen LogP contribution in [0.4, 0.5) is 0 Å². The van der Waals surface area contributed by atoms with Crippen molar-refractivity contribution in [3.8, 4) is 11.5 Å². The SMILES string of the molecule is COc1cccc([C@@H](O)Cc2nc3ccccc3n2C)c1OC. The molecule has 23 heavy (non-hydrogen) atoms. The van der Waals surface area contributed by atoms with Crippen LogP contribution in [-0.4, -0.2) is 28.9 Å². The molecule has 0 spiro atoms. The van der Waals surface area contributed by atoms with Crippen LogP contribution in [0.5, 0.6) is 11.5 Å². The van der Waals surface area contributed by atoms with Gasteiger partial charge in [0.2, 0.25) is 0 Å². The van der Waals surface area contributed by atoms with Gasteiger partial charge in [0.05, 0.1) is 31.4 Å². The second-order valence-electron chi connectivity index (χ2n) is 5.38. The first kappa shape index (κ1) is 15.4. The van der Waals surface area contributed by atoms with Gasteiger partial charge in [0.25, 0.3) is 0 Å². The molecule has 5 heteroatoms. The predicted molar refractivity (Wildman–Crippen MR) is 88.9 cm³/mol. The molecule has 3 aromatic rings. The van der Waals surface area contributed by atoms with E-state index in [-0.39, 0.29) is 0 Å². The molecule has 0 unspecified atom stereocenters. The molecule has 0 amide bonds. The van der Waals surface area contributed by atoms with Crippen molar-refractivity contribution < 1.29 is 14.6 Å². The van der Waals surface area contributed by atoms with Crippen molar-refractivity contribution in [2.24, 2.45) is 7.05 Å². The highest BCUT2D eigenvalue weighted by molar-refractivity contribution is 5.75. The Morgan fingerprint density at radius 1 is 1.09 bits per heavy atom. The number of aromatic nitrogens is 2. The van der Waals surface area contributed by atoms with Crippen molar-refractivity contribution in [1.29, 1.82) is 0 Å². The highest BCUT2D eigenvalue weighted by Gasteiger charge is 2.19. The molecule has 0 radical (unpaired) electrons. The maximum Gasteiger partial charge on any atom is 0.166 e. The molecule has 2 aromatic carbocycles. The molecule has 1 heterocycles. The van der Waals surface area contributed by atoms with Crippen molar-refractivity contribution in [3.05, 3.63) is 53.9 Å². The molecule has 0 bridgehead atoms. The van der Waals surface area contributed by atoms with Gasteiger partial charge < -0.3 is 19.1 Å². The lowest BCUT2D eigenvalue weighted by Crippen LogP contribution is -2.08. The van der Waals surface area contributed by atoms with E-state index in [1.54, 1.807) is 14.2 Å². The average Bonchev–Trinajstić information content (AvgIpc) is 2.90. The van der Waals surface area contributed by atoms with Crippen LogP contribution in [0.15, 0.2) is 42.5 Å². The summed E-state index contributed by atoms with van der Waals surface area (Å²) < 4.78 is 12.7. The number of aliphatic hydroxyl groups excluding tert-OH is 1. The molecule has 5 nitrogen and oxygen atoms in total. The molecule has 1 atom stereocenters. The van der Waals surface area contributed by atoms with Crippen molar-refractivity contribution in [3.63, 3.8) is 0 Å². The van der Waals surface area contributed by atoms with E-state index in [9.17, 15) is 5.11 Å². The number of methoxy groups -OCH3 is 2. The molecule has 0 aliphatic heterocycles.